The lowest BCUT2D eigenvalue weighted by Crippen LogP contribution is -2.32. The van der Waals surface area contributed by atoms with Crippen LogP contribution in [0, 0.1) is 5.82 Å². The maximum atomic E-state index is 14.5. The van der Waals surface area contributed by atoms with E-state index in [2.05, 4.69) is 26.3 Å². The molecule has 0 bridgehead atoms. The number of carbonyl (C=O) groups excluding carboxylic acids is 1. The van der Waals surface area contributed by atoms with Gasteiger partial charge >= 0.3 is 6.09 Å². The summed E-state index contributed by atoms with van der Waals surface area (Å²) in [7, 11) is 0. The van der Waals surface area contributed by atoms with Gasteiger partial charge in [0, 0.05) is 34.5 Å². The van der Waals surface area contributed by atoms with Crippen LogP contribution >= 0.6 is 15.9 Å². The van der Waals surface area contributed by atoms with Crippen molar-refractivity contribution in [2.75, 3.05) is 0 Å². The normalized spacial score (nSPS) is 11.6. The monoisotopic (exact) mass is 419 g/mol. The van der Waals surface area contributed by atoms with Crippen LogP contribution in [0.5, 0.6) is 0 Å². The summed E-state index contributed by atoms with van der Waals surface area (Å²) < 4.78 is 22.3. The molecule has 0 unspecified atom stereocenters. The molecule has 0 radical (unpaired) electrons. The van der Waals surface area contributed by atoms with Crippen molar-refractivity contribution in [1.29, 1.82) is 0 Å². The molecule has 0 spiro atoms. The van der Waals surface area contributed by atoms with Crippen LogP contribution in [-0.4, -0.2) is 21.3 Å². The van der Waals surface area contributed by atoms with Gasteiger partial charge in [-0.1, -0.05) is 12.1 Å². The number of benzene rings is 1. The Bertz CT molecular complexity index is 963. The molecular weight excluding hydrogens is 401 g/mol. The minimum absolute atomic E-state index is 0.0590. The van der Waals surface area contributed by atoms with Gasteiger partial charge in [-0.25, -0.2) is 13.7 Å². The predicted octanol–water partition coefficient (Wildman–Crippen LogP) is 4.93. The van der Waals surface area contributed by atoms with Crippen molar-refractivity contribution in [3.05, 3.63) is 58.6 Å². The molecule has 0 fully saturated rings. The van der Waals surface area contributed by atoms with Gasteiger partial charge in [-0.05, 0) is 60.5 Å². The first kappa shape index (κ1) is 18.4. The van der Waals surface area contributed by atoms with Crippen molar-refractivity contribution in [2.45, 2.75) is 32.9 Å². The van der Waals surface area contributed by atoms with Crippen molar-refractivity contribution in [2.24, 2.45) is 0 Å². The highest BCUT2D eigenvalue weighted by Gasteiger charge is 2.16. The number of ether oxygens (including phenoxy) is 1. The van der Waals surface area contributed by atoms with Gasteiger partial charge in [0.25, 0.3) is 0 Å². The summed E-state index contributed by atoms with van der Waals surface area (Å²) in [6.07, 6.45) is 2.94. The molecule has 3 rings (SSSR count). The molecule has 0 saturated carbocycles. The van der Waals surface area contributed by atoms with E-state index in [1.807, 2.05) is 24.4 Å². The van der Waals surface area contributed by atoms with Gasteiger partial charge in [-0.3, -0.25) is 0 Å². The second-order valence-electron chi connectivity index (χ2n) is 6.89. The van der Waals surface area contributed by atoms with E-state index in [1.54, 1.807) is 37.5 Å². The fourth-order valence-electron chi connectivity index (χ4n) is 2.57. The molecule has 0 aliphatic heterocycles. The number of carbonyl (C=O) groups is 1. The third-order valence-electron chi connectivity index (χ3n) is 3.66. The Morgan fingerprint density at radius 2 is 2.08 bits per heavy atom. The molecule has 0 atom stereocenters. The molecule has 26 heavy (non-hydrogen) atoms. The maximum absolute atomic E-state index is 14.5. The molecular formula is C19H19BrFN3O2. The largest absolute Gasteiger partial charge is 0.444 e. The molecule has 7 heteroatoms. The molecule has 1 N–H and O–H groups in total. The number of rotatable bonds is 3. The Balaban J connectivity index is 1.80. The van der Waals surface area contributed by atoms with E-state index in [0.29, 0.717) is 5.56 Å². The Morgan fingerprint density at radius 3 is 2.77 bits per heavy atom. The number of aromatic nitrogens is 2. The number of hydrogen-bond acceptors (Lipinski definition) is 3. The molecule has 136 valence electrons. The predicted molar refractivity (Wildman–Crippen MR) is 101 cm³/mol. The zero-order valence-corrected chi connectivity index (χ0v) is 16.3. The summed E-state index contributed by atoms with van der Waals surface area (Å²) in [5.74, 6) is -0.390. The molecule has 2 heterocycles. The summed E-state index contributed by atoms with van der Waals surface area (Å²) in [5, 5.41) is 6.80. The van der Waals surface area contributed by atoms with E-state index < -0.39 is 11.7 Å². The molecule has 1 aromatic carbocycles. The van der Waals surface area contributed by atoms with Crippen molar-refractivity contribution < 1.29 is 13.9 Å². The Kier molecular flexibility index (Phi) is 5.00. The topological polar surface area (TPSA) is 55.6 Å². The van der Waals surface area contributed by atoms with Crippen molar-refractivity contribution in [3.8, 4) is 11.1 Å². The summed E-state index contributed by atoms with van der Waals surface area (Å²) in [6.45, 7) is 5.38. The van der Waals surface area contributed by atoms with E-state index in [-0.39, 0.29) is 12.4 Å². The SMILES string of the molecule is CC(C)(C)OC(=O)NCc1ccc(-c2ccnn3cc(Br)cc23)cc1F. The van der Waals surface area contributed by atoms with Crippen molar-refractivity contribution in [1.82, 2.24) is 14.9 Å². The molecule has 0 aliphatic rings. The van der Waals surface area contributed by atoms with Gasteiger partial charge in [-0.2, -0.15) is 5.10 Å². The lowest BCUT2D eigenvalue weighted by atomic mass is 10.0. The van der Waals surface area contributed by atoms with Gasteiger partial charge in [0.1, 0.15) is 11.4 Å². The van der Waals surface area contributed by atoms with E-state index in [9.17, 15) is 9.18 Å². The highest BCUT2D eigenvalue weighted by molar-refractivity contribution is 9.10. The number of nitrogens with zero attached hydrogens (tertiary/aromatic N) is 2. The van der Waals surface area contributed by atoms with Gasteiger partial charge < -0.3 is 10.1 Å². The summed E-state index contributed by atoms with van der Waals surface area (Å²) in [5.41, 5.74) is 2.28. The first-order valence-electron chi connectivity index (χ1n) is 8.11. The number of nitrogens with one attached hydrogen (secondary N) is 1. The maximum Gasteiger partial charge on any atom is 0.407 e. The van der Waals surface area contributed by atoms with Crippen LogP contribution in [0.2, 0.25) is 0 Å². The molecule has 2 aromatic heterocycles. The smallest absolute Gasteiger partial charge is 0.407 e. The van der Waals surface area contributed by atoms with Crippen LogP contribution in [0.25, 0.3) is 16.6 Å². The van der Waals surface area contributed by atoms with Gasteiger partial charge in [0.2, 0.25) is 0 Å². The zero-order valence-electron chi connectivity index (χ0n) is 14.7. The second kappa shape index (κ2) is 7.07. The number of fused-ring (bicyclic) bond motifs is 1. The fraction of sp³-hybridized carbons (Fsp3) is 0.263. The summed E-state index contributed by atoms with van der Waals surface area (Å²) >= 11 is 3.43. The van der Waals surface area contributed by atoms with Crippen LogP contribution in [-0.2, 0) is 11.3 Å². The first-order chi connectivity index (χ1) is 12.2. The minimum atomic E-state index is -0.593. The second-order valence-corrected chi connectivity index (χ2v) is 7.81. The highest BCUT2D eigenvalue weighted by Crippen LogP contribution is 2.28. The van der Waals surface area contributed by atoms with E-state index in [4.69, 9.17) is 4.74 Å². The first-order valence-corrected chi connectivity index (χ1v) is 8.91. The Labute approximate surface area is 159 Å². The van der Waals surface area contributed by atoms with Gasteiger partial charge in [0.05, 0.1) is 5.52 Å². The van der Waals surface area contributed by atoms with E-state index >= 15 is 0 Å². The van der Waals surface area contributed by atoms with Crippen LogP contribution in [0.1, 0.15) is 26.3 Å². The van der Waals surface area contributed by atoms with Crippen LogP contribution in [0.15, 0.2) is 47.2 Å². The van der Waals surface area contributed by atoms with E-state index in [1.165, 1.54) is 6.07 Å². The standard InChI is InChI=1S/C19H19BrFN3O2/c1-19(2,3)26-18(25)22-10-13-5-4-12(8-16(13)21)15-6-7-23-24-11-14(20)9-17(15)24/h4-9,11H,10H2,1-3H3,(H,22,25). The quantitative estimate of drug-likeness (QED) is 0.654. The zero-order chi connectivity index (χ0) is 18.9. The molecule has 0 aliphatic carbocycles. The average Bonchev–Trinajstić information content (AvgIpc) is 2.92. The minimum Gasteiger partial charge on any atom is -0.444 e. The number of alkyl carbamates (subject to hydrolysis) is 1. The summed E-state index contributed by atoms with van der Waals surface area (Å²) in [6, 6.07) is 8.72. The fourth-order valence-corrected chi connectivity index (χ4v) is 2.98. The molecule has 3 aromatic rings. The number of hydrogen-bond donors (Lipinski definition) is 1. The molecule has 1 amide bonds. The third kappa shape index (κ3) is 4.22. The lowest BCUT2D eigenvalue weighted by Gasteiger charge is -2.19. The third-order valence-corrected chi connectivity index (χ3v) is 4.10. The summed E-state index contributed by atoms with van der Waals surface area (Å²) in [4.78, 5) is 11.7. The number of halogens is 2. The van der Waals surface area contributed by atoms with Crippen LogP contribution in [0.3, 0.4) is 0 Å². The van der Waals surface area contributed by atoms with Gasteiger partial charge in [0.15, 0.2) is 0 Å². The highest BCUT2D eigenvalue weighted by atomic mass is 79.9. The lowest BCUT2D eigenvalue weighted by molar-refractivity contribution is 0.0523. The van der Waals surface area contributed by atoms with Crippen molar-refractivity contribution in [3.63, 3.8) is 0 Å². The number of amides is 1. The molecule has 0 saturated heterocycles. The average molecular weight is 420 g/mol. The van der Waals surface area contributed by atoms with Crippen LogP contribution < -0.4 is 5.32 Å². The Hall–Kier alpha value is -2.41. The van der Waals surface area contributed by atoms with Crippen molar-refractivity contribution >= 4 is 27.5 Å². The van der Waals surface area contributed by atoms with Crippen LogP contribution in [0.4, 0.5) is 9.18 Å². The molecule has 5 nitrogen and oxygen atoms in total. The van der Waals surface area contributed by atoms with Gasteiger partial charge in [-0.15, -0.1) is 0 Å². The van der Waals surface area contributed by atoms with E-state index in [0.717, 1.165) is 21.1 Å². The Morgan fingerprint density at radius 1 is 1.31 bits per heavy atom.